The van der Waals surface area contributed by atoms with Gasteiger partial charge in [0.1, 0.15) is 5.82 Å². The molecule has 0 saturated carbocycles. The molecule has 1 N–H and O–H groups in total. The molecule has 5 heteroatoms. The number of hydrogen-bond donors (Lipinski definition) is 1. The molecule has 1 saturated heterocycles. The van der Waals surface area contributed by atoms with Crippen LogP contribution in [0.4, 0.5) is 10.1 Å². The number of benzene rings is 2. The molecule has 0 bridgehead atoms. The van der Waals surface area contributed by atoms with Gasteiger partial charge in [-0.1, -0.05) is 24.3 Å². The van der Waals surface area contributed by atoms with Gasteiger partial charge in [-0.05, 0) is 65.1 Å². The van der Waals surface area contributed by atoms with Gasteiger partial charge >= 0.3 is 0 Å². The second-order valence-corrected chi connectivity index (χ2v) is 7.02. The van der Waals surface area contributed by atoms with Crippen molar-refractivity contribution in [1.29, 1.82) is 0 Å². The average molecular weight is 391 g/mol. The van der Waals surface area contributed by atoms with Crippen molar-refractivity contribution in [2.45, 2.75) is 19.4 Å². The molecule has 0 spiro atoms. The first-order chi connectivity index (χ1) is 11.6. The van der Waals surface area contributed by atoms with Crippen LogP contribution in [0, 0.1) is 11.7 Å². The molecule has 0 aromatic heterocycles. The minimum atomic E-state index is -0.219. The van der Waals surface area contributed by atoms with E-state index in [9.17, 15) is 9.18 Å². The van der Waals surface area contributed by atoms with Crippen LogP contribution < -0.4 is 5.32 Å². The molecule has 2 aromatic rings. The summed E-state index contributed by atoms with van der Waals surface area (Å²) in [7, 11) is 0. The molecule has 1 fully saturated rings. The van der Waals surface area contributed by atoms with Crippen molar-refractivity contribution in [1.82, 2.24) is 4.90 Å². The van der Waals surface area contributed by atoms with Gasteiger partial charge in [-0.3, -0.25) is 9.69 Å². The lowest BCUT2D eigenvalue weighted by Crippen LogP contribution is -2.40. The van der Waals surface area contributed by atoms with Crippen LogP contribution in [-0.2, 0) is 11.3 Å². The number of hydrogen-bond acceptors (Lipinski definition) is 2. The van der Waals surface area contributed by atoms with Crippen molar-refractivity contribution >= 4 is 27.5 Å². The largest absolute Gasteiger partial charge is 0.325 e. The number of carbonyl (C=O) groups is 1. The second-order valence-electron chi connectivity index (χ2n) is 6.17. The molecule has 3 nitrogen and oxygen atoms in total. The van der Waals surface area contributed by atoms with E-state index in [-0.39, 0.29) is 17.6 Å². The lowest BCUT2D eigenvalue weighted by Gasteiger charge is -2.32. The van der Waals surface area contributed by atoms with Gasteiger partial charge in [0.05, 0.1) is 11.6 Å². The van der Waals surface area contributed by atoms with Crippen molar-refractivity contribution in [3.8, 4) is 0 Å². The van der Waals surface area contributed by atoms with Crippen LogP contribution in [0.1, 0.15) is 18.4 Å². The number of anilines is 1. The van der Waals surface area contributed by atoms with Gasteiger partial charge in [0.25, 0.3) is 0 Å². The Labute approximate surface area is 150 Å². The van der Waals surface area contributed by atoms with Crippen LogP contribution in [0.15, 0.2) is 53.0 Å². The first-order valence-corrected chi connectivity index (χ1v) is 8.93. The van der Waals surface area contributed by atoms with E-state index < -0.39 is 0 Å². The molecule has 1 heterocycles. The Morgan fingerprint density at radius 2 is 1.96 bits per heavy atom. The van der Waals surface area contributed by atoms with Crippen molar-refractivity contribution < 1.29 is 9.18 Å². The van der Waals surface area contributed by atoms with E-state index in [1.54, 1.807) is 12.1 Å². The summed E-state index contributed by atoms with van der Waals surface area (Å²) in [6, 6.07) is 14.2. The molecule has 1 amide bonds. The van der Waals surface area contributed by atoms with E-state index in [0.29, 0.717) is 0 Å². The molecule has 0 aliphatic carbocycles. The number of piperidine rings is 1. The van der Waals surface area contributed by atoms with E-state index >= 15 is 0 Å². The van der Waals surface area contributed by atoms with Gasteiger partial charge in [0.15, 0.2) is 0 Å². The lowest BCUT2D eigenvalue weighted by atomic mass is 9.96. The van der Waals surface area contributed by atoms with Gasteiger partial charge in [-0.2, -0.15) is 0 Å². The van der Waals surface area contributed by atoms with E-state index in [0.717, 1.165) is 48.2 Å². The van der Waals surface area contributed by atoms with E-state index in [4.69, 9.17) is 0 Å². The molecule has 1 unspecified atom stereocenters. The standard InChI is InChI=1S/C19H20BrFN2O/c20-17-5-1-2-6-18(17)22-19(24)15-4-3-11-23(13-15)12-14-7-9-16(21)10-8-14/h1-2,5-10,15H,3-4,11-13H2,(H,22,24). The number of para-hydroxylation sites is 1. The quantitative estimate of drug-likeness (QED) is 0.836. The van der Waals surface area contributed by atoms with E-state index in [1.165, 1.54) is 12.1 Å². The zero-order valence-electron chi connectivity index (χ0n) is 13.3. The van der Waals surface area contributed by atoms with Gasteiger partial charge in [-0.15, -0.1) is 0 Å². The highest BCUT2D eigenvalue weighted by Crippen LogP contribution is 2.24. The molecular formula is C19H20BrFN2O. The summed E-state index contributed by atoms with van der Waals surface area (Å²) < 4.78 is 13.9. The van der Waals surface area contributed by atoms with Gasteiger partial charge in [-0.25, -0.2) is 4.39 Å². The molecule has 2 aromatic carbocycles. The summed E-state index contributed by atoms with van der Waals surface area (Å²) >= 11 is 3.45. The molecule has 1 aliphatic heterocycles. The maximum atomic E-state index is 13.0. The fourth-order valence-electron chi connectivity index (χ4n) is 3.06. The highest BCUT2D eigenvalue weighted by molar-refractivity contribution is 9.10. The normalized spacial score (nSPS) is 18.3. The molecule has 1 aliphatic rings. The predicted octanol–water partition coefficient (Wildman–Crippen LogP) is 4.44. The lowest BCUT2D eigenvalue weighted by molar-refractivity contribution is -0.121. The molecule has 3 rings (SSSR count). The summed E-state index contributed by atoms with van der Waals surface area (Å²) in [5, 5.41) is 3.01. The number of rotatable bonds is 4. The summed E-state index contributed by atoms with van der Waals surface area (Å²) in [6.07, 6.45) is 1.89. The minimum absolute atomic E-state index is 0.0219. The summed E-state index contributed by atoms with van der Waals surface area (Å²) in [4.78, 5) is 14.8. The maximum absolute atomic E-state index is 13.0. The SMILES string of the molecule is O=C(Nc1ccccc1Br)C1CCCN(Cc2ccc(F)cc2)C1. The summed E-state index contributed by atoms with van der Waals surface area (Å²) in [6.45, 7) is 2.45. The van der Waals surface area contributed by atoms with Crippen molar-refractivity contribution in [2.75, 3.05) is 18.4 Å². The Bertz CT molecular complexity index is 705. The van der Waals surface area contributed by atoms with Gasteiger partial charge in [0.2, 0.25) is 5.91 Å². The van der Waals surface area contributed by atoms with Gasteiger partial charge in [0, 0.05) is 17.6 Å². The average Bonchev–Trinajstić information content (AvgIpc) is 2.59. The number of likely N-dealkylation sites (tertiary alicyclic amines) is 1. The number of halogens is 2. The van der Waals surface area contributed by atoms with Crippen molar-refractivity contribution in [2.24, 2.45) is 5.92 Å². The number of nitrogens with zero attached hydrogens (tertiary/aromatic N) is 1. The smallest absolute Gasteiger partial charge is 0.228 e. The zero-order chi connectivity index (χ0) is 16.9. The first kappa shape index (κ1) is 17.1. The highest BCUT2D eigenvalue weighted by atomic mass is 79.9. The fraction of sp³-hybridized carbons (Fsp3) is 0.316. The van der Waals surface area contributed by atoms with E-state index in [1.807, 2.05) is 24.3 Å². The zero-order valence-corrected chi connectivity index (χ0v) is 14.9. The second kappa shape index (κ2) is 7.90. The minimum Gasteiger partial charge on any atom is -0.325 e. The Morgan fingerprint density at radius 3 is 2.71 bits per heavy atom. The summed E-state index contributed by atoms with van der Waals surface area (Å²) in [5.41, 5.74) is 1.88. The van der Waals surface area contributed by atoms with Crippen molar-refractivity contribution in [3.63, 3.8) is 0 Å². The van der Waals surface area contributed by atoms with Gasteiger partial charge < -0.3 is 5.32 Å². The monoisotopic (exact) mass is 390 g/mol. The molecule has 0 radical (unpaired) electrons. The van der Waals surface area contributed by atoms with Crippen LogP contribution in [0.3, 0.4) is 0 Å². The van der Waals surface area contributed by atoms with Crippen LogP contribution in [-0.4, -0.2) is 23.9 Å². The molecular weight excluding hydrogens is 371 g/mol. The fourth-order valence-corrected chi connectivity index (χ4v) is 3.44. The third kappa shape index (κ3) is 4.42. The Kier molecular flexibility index (Phi) is 5.63. The third-order valence-electron chi connectivity index (χ3n) is 4.33. The Hall–Kier alpha value is -1.72. The van der Waals surface area contributed by atoms with Crippen LogP contribution in [0.5, 0.6) is 0 Å². The first-order valence-electron chi connectivity index (χ1n) is 8.14. The Morgan fingerprint density at radius 1 is 1.21 bits per heavy atom. The van der Waals surface area contributed by atoms with Crippen LogP contribution >= 0.6 is 15.9 Å². The predicted molar refractivity (Wildman–Crippen MR) is 97.2 cm³/mol. The topological polar surface area (TPSA) is 32.3 Å². The van der Waals surface area contributed by atoms with Crippen LogP contribution in [0.25, 0.3) is 0 Å². The number of nitrogens with one attached hydrogen (secondary N) is 1. The third-order valence-corrected chi connectivity index (χ3v) is 5.02. The molecule has 126 valence electrons. The molecule has 1 atom stereocenters. The van der Waals surface area contributed by atoms with Crippen LogP contribution in [0.2, 0.25) is 0 Å². The van der Waals surface area contributed by atoms with E-state index in [2.05, 4.69) is 26.1 Å². The maximum Gasteiger partial charge on any atom is 0.228 e. The number of amides is 1. The number of carbonyl (C=O) groups excluding carboxylic acids is 1. The summed E-state index contributed by atoms with van der Waals surface area (Å²) in [5.74, 6) is -0.180. The highest BCUT2D eigenvalue weighted by Gasteiger charge is 2.26. The Balaban J connectivity index is 1.59. The van der Waals surface area contributed by atoms with Crippen molar-refractivity contribution in [3.05, 3.63) is 64.4 Å². The molecule has 24 heavy (non-hydrogen) atoms.